The number of aromatic nitrogens is 3. The Balaban J connectivity index is 2.16. The van der Waals surface area contributed by atoms with Gasteiger partial charge in [-0.2, -0.15) is 0 Å². The second-order valence-electron chi connectivity index (χ2n) is 4.13. The van der Waals surface area contributed by atoms with Crippen LogP contribution in [0.5, 0.6) is 0 Å². The van der Waals surface area contributed by atoms with Crippen LogP contribution >= 0.6 is 11.3 Å². The van der Waals surface area contributed by atoms with Crippen molar-refractivity contribution in [1.82, 2.24) is 15.0 Å². The molecule has 0 unspecified atom stereocenters. The first-order chi connectivity index (χ1) is 8.04. The normalized spacial score (nSPS) is 10.6. The maximum atomic E-state index is 4.45. The second-order valence-corrected chi connectivity index (χ2v) is 5.19. The van der Waals surface area contributed by atoms with Gasteiger partial charge in [0.05, 0.1) is 17.2 Å². The van der Waals surface area contributed by atoms with Gasteiger partial charge in [0, 0.05) is 24.2 Å². The fourth-order valence-corrected chi connectivity index (χ4v) is 2.30. The minimum atomic E-state index is 0.778. The Labute approximate surface area is 105 Å². The Hall–Kier alpha value is -1.49. The van der Waals surface area contributed by atoms with Gasteiger partial charge in [-0.3, -0.25) is 0 Å². The quantitative estimate of drug-likeness (QED) is 0.837. The standard InChI is InChI=1S/C12H16N4S/c1-8-5-12(14-9(2)13-8)16(4)6-11-7-17-10(3)15-11/h5,7H,6H2,1-4H3. The van der Waals surface area contributed by atoms with Crippen molar-refractivity contribution in [2.24, 2.45) is 0 Å². The van der Waals surface area contributed by atoms with Gasteiger partial charge < -0.3 is 4.90 Å². The highest BCUT2D eigenvalue weighted by Gasteiger charge is 2.07. The summed E-state index contributed by atoms with van der Waals surface area (Å²) in [4.78, 5) is 15.3. The van der Waals surface area contributed by atoms with Gasteiger partial charge in [-0.05, 0) is 20.8 Å². The lowest BCUT2D eigenvalue weighted by Gasteiger charge is -2.17. The number of hydrogen-bond acceptors (Lipinski definition) is 5. The highest BCUT2D eigenvalue weighted by molar-refractivity contribution is 7.09. The van der Waals surface area contributed by atoms with Crippen molar-refractivity contribution in [1.29, 1.82) is 0 Å². The molecule has 0 radical (unpaired) electrons. The van der Waals surface area contributed by atoms with Crippen molar-refractivity contribution in [2.75, 3.05) is 11.9 Å². The molecule has 0 spiro atoms. The van der Waals surface area contributed by atoms with Crippen molar-refractivity contribution < 1.29 is 0 Å². The Bertz CT molecular complexity index is 501. The van der Waals surface area contributed by atoms with E-state index in [-0.39, 0.29) is 0 Å². The molecule has 0 bridgehead atoms. The van der Waals surface area contributed by atoms with Crippen molar-refractivity contribution in [3.8, 4) is 0 Å². The van der Waals surface area contributed by atoms with Crippen LogP contribution in [0.1, 0.15) is 22.2 Å². The van der Waals surface area contributed by atoms with Crippen LogP contribution in [0, 0.1) is 20.8 Å². The van der Waals surface area contributed by atoms with Gasteiger partial charge >= 0.3 is 0 Å². The average Bonchev–Trinajstić information content (AvgIpc) is 2.62. The number of rotatable bonds is 3. The molecule has 17 heavy (non-hydrogen) atoms. The van der Waals surface area contributed by atoms with E-state index in [0.29, 0.717) is 0 Å². The summed E-state index contributed by atoms with van der Waals surface area (Å²) in [6.07, 6.45) is 0. The number of thiazole rings is 1. The van der Waals surface area contributed by atoms with Crippen molar-refractivity contribution >= 4 is 17.2 Å². The number of aryl methyl sites for hydroxylation is 3. The summed E-state index contributed by atoms with van der Waals surface area (Å²) in [6.45, 7) is 6.70. The van der Waals surface area contributed by atoms with E-state index < -0.39 is 0 Å². The Morgan fingerprint density at radius 3 is 2.53 bits per heavy atom. The van der Waals surface area contributed by atoms with Gasteiger partial charge in [-0.25, -0.2) is 15.0 Å². The molecule has 2 heterocycles. The maximum absolute atomic E-state index is 4.45. The Morgan fingerprint density at radius 2 is 1.94 bits per heavy atom. The highest BCUT2D eigenvalue weighted by atomic mass is 32.1. The van der Waals surface area contributed by atoms with E-state index in [1.807, 2.05) is 33.9 Å². The largest absolute Gasteiger partial charge is 0.354 e. The first kappa shape index (κ1) is 12.0. The summed E-state index contributed by atoms with van der Waals surface area (Å²) in [5.74, 6) is 1.75. The highest BCUT2D eigenvalue weighted by Crippen LogP contribution is 2.15. The molecule has 0 aliphatic rings. The van der Waals surface area contributed by atoms with E-state index in [1.54, 1.807) is 11.3 Å². The zero-order valence-electron chi connectivity index (χ0n) is 10.6. The molecule has 5 heteroatoms. The van der Waals surface area contributed by atoms with Crippen molar-refractivity contribution in [3.63, 3.8) is 0 Å². The van der Waals surface area contributed by atoms with E-state index in [1.165, 1.54) is 0 Å². The Morgan fingerprint density at radius 1 is 1.18 bits per heavy atom. The lowest BCUT2D eigenvalue weighted by Crippen LogP contribution is -2.18. The zero-order chi connectivity index (χ0) is 12.4. The molecular formula is C12H16N4S. The van der Waals surface area contributed by atoms with E-state index in [9.17, 15) is 0 Å². The van der Waals surface area contributed by atoms with E-state index >= 15 is 0 Å². The third-order valence-electron chi connectivity index (χ3n) is 2.41. The molecule has 90 valence electrons. The number of anilines is 1. The second kappa shape index (κ2) is 4.79. The summed E-state index contributed by atoms with van der Waals surface area (Å²) in [6, 6.07) is 1.99. The first-order valence-electron chi connectivity index (χ1n) is 5.49. The molecule has 0 aromatic carbocycles. The van der Waals surface area contributed by atoms with Gasteiger partial charge in [0.25, 0.3) is 0 Å². The molecule has 0 aliphatic heterocycles. The molecule has 4 nitrogen and oxygen atoms in total. The molecule has 0 N–H and O–H groups in total. The third-order valence-corrected chi connectivity index (χ3v) is 3.23. The van der Waals surface area contributed by atoms with E-state index in [2.05, 4.69) is 25.2 Å². The minimum Gasteiger partial charge on any atom is -0.354 e. The topological polar surface area (TPSA) is 41.9 Å². The number of nitrogens with zero attached hydrogens (tertiary/aromatic N) is 4. The predicted octanol–water partition coefficient (Wildman–Crippen LogP) is 2.49. The fraction of sp³-hybridized carbons (Fsp3) is 0.417. The molecule has 0 aliphatic carbocycles. The van der Waals surface area contributed by atoms with Crippen molar-refractivity contribution in [2.45, 2.75) is 27.3 Å². The summed E-state index contributed by atoms with van der Waals surface area (Å²) < 4.78 is 0. The van der Waals surface area contributed by atoms with Crippen LogP contribution in [0.25, 0.3) is 0 Å². The van der Waals surface area contributed by atoms with Gasteiger partial charge in [0.1, 0.15) is 11.6 Å². The van der Waals surface area contributed by atoms with Crippen LogP contribution < -0.4 is 4.90 Å². The van der Waals surface area contributed by atoms with Crippen LogP contribution in [-0.2, 0) is 6.54 Å². The summed E-state index contributed by atoms with van der Waals surface area (Å²) in [7, 11) is 2.02. The lowest BCUT2D eigenvalue weighted by molar-refractivity contribution is 0.851. The lowest BCUT2D eigenvalue weighted by atomic mass is 10.3. The van der Waals surface area contributed by atoms with Crippen LogP contribution in [0.4, 0.5) is 5.82 Å². The first-order valence-corrected chi connectivity index (χ1v) is 6.37. The van der Waals surface area contributed by atoms with E-state index in [0.717, 1.165) is 34.6 Å². The molecule has 0 amide bonds. The monoisotopic (exact) mass is 248 g/mol. The Kier molecular flexibility index (Phi) is 3.38. The van der Waals surface area contributed by atoms with Gasteiger partial charge in [-0.1, -0.05) is 0 Å². The van der Waals surface area contributed by atoms with Crippen LogP contribution in [0.3, 0.4) is 0 Å². The number of hydrogen-bond donors (Lipinski definition) is 0. The smallest absolute Gasteiger partial charge is 0.132 e. The molecular weight excluding hydrogens is 232 g/mol. The zero-order valence-corrected chi connectivity index (χ0v) is 11.4. The van der Waals surface area contributed by atoms with Gasteiger partial charge in [0.2, 0.25) is 0 Å². The molecule has 2 aromatic heterocycles. The van der Waals surface area contributed by atoms with Gasteiger partial charge in [0.15, 0.2) is 0 Å². The third kappa shape index (κ3) is 3.00. The molecule has 2 aromatic rings. The fourth-order valence-electron chi connectivity index (χ4n) is 1.70. The van der Waals surface area contributed by atoms with E-state index in [4.69, 9.17) is 0 Å². The maximum Gasteiger partial charge on any atom is 0.132 e. The minimum absolute atomic E-state index is 0.778. The molecule has 0 fully saturated rings. The average molecular weight is 248 g/mol. The summed E-state index contributed by atoms with van der Waals surface area (Å²) in [5.41, 5.74) is 2.08. The van der Waals surface area contributed by atoms with Crippen LogP contribution in [-0.4, -0.2) is 22.0 Å². The molecule has 0 saturated heterocycles. The molecule has 2 rings (SSSR count). The molecule has 0 saturated carbocycles. The summed E-state index contributed by atoms with van der Waals surface area (Å²) in [5, 5.41) is 3.19. The van der Waals surface area contributed by atoms with Crippen molar-refractivity contribution in [3.05, 3.63) is 33.7 Å². The van der Waals surface area contributed by atoms with Crippen LogP contribution in [0.15, 0.2) is 11.4 Å². The summed E-state index contributed by atoms with van der Waals surface area (Å²) >= 11 is 1.68. The SMILES string of the molecule is Cc1cc(N(C)Cc2csc(C)n2)nc(C)n1. The predicted molar refractivity (Wildman–Crippen MR) is 70.5 cm³/mol. The van der Waals surface area contributed by atoms with Crippen LogP contribution in [0.2, 0.25) is 0 Å². The van der Waals surface area contributed by atoms with Gasteiger partial charge in [-0.15, -0.1) is 11.3 Å². The molecule has 0 atom stereocenters.